The van der Waals surface area contributed by atoms with Gasteiger partial charge in [-0.25, -0.2) is 8.42 Å². The summed E-state index contributed by atoms with van der Waals surface area (Å²) in [5.74, 6) is 0.107. The Balaban J connectivity index is 2.34. The lowest BCUT2D eigenvalue weighted by molar-refractivity contribution is 0.0481. The second-order valence-corrected chi connectivity index (χ2v) is 7.96. The van der Waals surface area contributed by atoms with Crippen LogP contribution in [-0.2, 0) is 9.84 Å². The molecule has 1 fully saturated rings. The molecule has 1 aliphatic rings. The Morgan fingerprint density at radius 3 is 2.65 bits per heavy atom. The van der Waals surface area contributed by atoms with Gasteiger partial charge < -0.3 is 10.0 Å². The van der Waals surface area contributed by atoms with Crippen molar-refractivity contribution in [3.63, 3.8) is 0 Å². The van der Waals surface area contributed by atoms with E-state index in [2.05, 4.69) is 4.90 Å². The van der Waals surface area contributed by atoms with Crippen LogP contribution in [0.1, 0.15) is 33.1 Å². The minimum Gasteiger partial charge on any atom is -0.390 e. The minimum absolute atomic E-state index is 0.107. The maximum Gasteiger partial charge on any atom is 0.180 e. The number of rotatable bonds is 3. The second-order valence-electron chi connectivity index (χ2n) is 5.71. The third-order valence-corrected chi connectivity index (χ3v) is 5.76. The van der Waals surface area contributed by atoms with Crippen molar-refractivity contribution in [1.82, 2.24) is 0 Å². The van der Waals surface area contributed by atoms with Crippen molar-refractivity contribution in [1.29, 1.82) is 0 Å². The molecule has 1 unspecified atom stereocenters. The van der Waals surface area contributed by atoms with Gasteiger partial charge in [0.15, 0.2) is 9.84 Å². The van der Waals surface area contributed by atoms with E-state index in [1.54, 1.807) is 19.1 Å². The normalized spacial score (nSPS) is 24.4. The third-order valence-electron chi connectivity index (χ3n) is 3.98. The van der Waals surface area contributed by atoms with Gasteiger partial charge in [0, 0.05) is 13.1 Å². The molecule has 5 heteroatoms. The van der Waals surface area contributed by atoms with Crippen molar-refractivity contribution in [2.75, 3.05) is 23.7 Å². The Hall–Kier alpha value is -1.07. The topological polar surface area (TPSA) is 57.6 Å². The van der Waals surface area contributed by atoms with Crippen LogP contribution in [0.15, 0.2) is 29.2 Å². The monoisotopic (exact) mass is 297 g/mol. The van der Waals surface area contributed by atoms with E-state index in [0.29, 0.717) is 17.9 Å². The van der Waals surface area contributed by atoms with Crippen LogP contribution >= 0.6 is 0 Å². The Kier molecular flexibility index (Phi) is 4.39. The molecule has 0 aromatic heterocycles. The van der Waals surface area contributed by atoms with Crippen molar-refractivity contribution in [2.45, 2.75) is 43.6 Å². The van der Waals surface area contributed by atoms with Gasteiger partial charge in [-0.2, -0.15) is 0 Å². The van der Waals surface area contributed by atoms with Crippen molar-refractivity contribution in [2.24, 2.45) is 0 Å². The zero-order valence-electron chi connectivity index (χ0n) is 12.2. The molecule has 1 saturated heterocycles. The highest BCUT2D eigenvalue weighted by atomic mass is 32.2. The van der Waals surface area contributed by atoms with E-state index in [1.165, 1.54) is 0 Å². The summed E-state index contributed by atoms with van der Waals surface area (Å²) in [6.07, 6.45) is 2.28. The number of hydrogen-bond acceptors (Lipinski definition) is 4. The highest BCUT2D eigenvalue weighted by Crippen LogP contribution is 2.30. The molecule has 20 heavy (non-hydrogen) atoms. The van der Waals surface area contributed by atoms with Crippen LogP contribution < -0.4 is 4.90 Å². The molecule has 1 aromatic rings. The molecule has 4 nitrogen and oxygen atoms in total. The second kappa shape index (κ2) is 5.74. The van der Waals surface area contributed by atoms with Crippen molar-refractivity contribution < 1.29 is 13.5 Å². The zero-order valence-corrected chi connectivity index (χ0v) is 13.0. The number of hydrogen-bond donors (Lipinski definition) is 1. The van der Waals surface area contributed by atoms with E-state index in [9.17, 15) is 13.5 Å². The van der Waals surface area contributed by atoms with Gasteiger partial charge in [0.05, 0.1) is 21.9 Å². The van der Waals surface area contributed by atoms with Crippen LogP contribution in [0.4, 0.5) is 5.69 Å². The van der Waals surface area contributed by atoms with E-state index < -0.39 is 15.4 Å². The van der Waals surface area contributed by atoms with Gasteiger partial charge in [-0.15, -0.1) is 0 Å². The number of sulfone groups is 1. The standard InChI is InChI=1S/C15H23NO3S/c1-3-20(18,19)14-8-5-4-7-13(14)16-11-6-9-15(2,17)10-12-16/h4-5,7-8,17H,3,6,9-12H2,1-2H3. The molecule has 0 amide bonds. The van der Waals surface area contributed by atoms with E-state index in [4.69, 9.17) is 0 Å². The molecule has 1 aromatic carbocycles. The summed E-state index contributed by atoms with van der Waals surface area (Å²) in [4.78, 5) is 2.49. The first-order chi connectivity index (χ1) is 9.36. The van der Waals surface area contributed by atoms with E-state index in [1.807, 2.05) is 19.1 Å². The van der Waals surface area contributed by atoms with Gasteiger partial charge >= 0.3 is 0 Å². The summed E-state index contributed by atoms with van der Waals surface area (Å²) in [5.41, 5.74) is 0.125. The molecular weight excluding hydrogens is 274 g/mol. The predicted molar refractivity (Wildman–Crippen MR) is 80.9 cm³/mol. The smallest absolute Gasteiger partial charge is 0.180 e. The fraction of sp³-hybridized carbons (Fsp3) is 0.600. The average Bonchev–Trinajstić information content (AvgIpc) is 2.60. The summed E-state index contributed by atoms with van der Waals surface area (Å²) in [5, 5.41) is 10.1. The Bertz CT molecular complexity index is 566. The Morgan fingerprint density at radius 1 is 1.25 bits per heavy atom. The highest BCUT2D eigenvalue weighted by Gasteiger charge is 2.27. The average molecular weight is 297 g/mol. The third kappa shape index (κ3) is 3.33. The van der Waals surface area contributed by atoms with Gasteiger partial charge in [0.1, 0.15) is 0 Å². The van der Waals surface area contributed by atoms with Crippen LogP contribution in [0.2, 0.25) is 0 Å². The lowest BCUT2D eigenvalue weighted by Crippen LogP contribution is -2.29. The summed E-state index contributed by atoms with van der Waals surface area (Å²) >= 11 is 0. The van der Waals surface area contributed by atoms with E-state index in [0.717, 1.165) is 25.1 Å². The van der Waals surface area contributed by atoms with Gasteiger partial charge in [-0.05, 0) is 38.3 Å². The lowest BCUT2D eigenvalue weighted by Gasteiger charge is -2.26. The summed E-state index contributed by atoms with van der Waals surface area (Å²) in [6, 6.07) is 7.17. The number of aliphatic hydroxyl groups is 1. The van der Waals surface area contributed by atoms with Crippen LogP contribution in [0.25, 0.3) is 0 Å². The fourth-order valence-corrected chi connectivity index (χ4v) is 3.75. The Labute approximate surface area is 121 Å². The maximum atomic E-state index is 12.2. The molecule has 1 N–H and O–H groups in total. The molecule has 0 spiro atoms. The van der Waals surface area contributed by atoms with Crippen LogP contribution in [0, 0.1) is 0 Å². The number of benzene rings is 1. The van der Waals surface area contributed by atoms with Gasteiger partial charge in [-0.3, -0.25) is 0 Å². The quantitative estimate of drug-likeness (QED) is 0.929. The number of nitrogens with zero attached hydrogens (tertiary/aromatic N) is 1. The predicted octanol–water partition coefficient (Wildman–Crippen LogP) is 2.22. The fourth-order valence-electron chi connectivity index (χ4n) is 2.64. The van der Waals surface area contributed by atoms with Gasteiger partial charge in [0.2, 0.25) is 0 Å². The van der Waals surface area contributed by atoms with Gasteiger partial charge in [-0.1, -0.05) is 19.1 Å². The molecule has 2 rings (SSSR count). The van der Waals surface area contributed by atoms with Crippen molar-refractivity contribution in [3.8, 4) is 0 Å². The van der Waals surface area contributed by atoms with Crippen molar-refractivity contribution >= 4 is 15.5 Å². The number of para-hydroxylation sites is 1. The zero-order chi connectivity index (χ0) is 14.8. The Morgan fingerprint density at radius 2 is 1.95 bits per heavy atom. The van der Waals surface area contributed by atoms with Crippen LogP contribution in [-0.4, -0.2) is 38.0 Å². The SMILES string of the molecule is CCS(=O)(=O)c1ccccc1N1CCCC(C)(O)CC1. The molecule has 1 heterocycles. The first-order valence-electron chi connectivity index (χ1n) is 7.15. The van der Waals surface area contributed by atoms with Crippen LogP contribution in [0.3, 0.4) is 0 Å². The molecule has 1 atom stereocenters. The highest BCUT2D eigenvalue weighted by molar-refractivity contribution is 7.91. The first kappa shape index (κ1) is 15.3. The van der Waals surface area contributed by atoms with Gasteiger partial charge in [0.25, 0.3) is 0 Å². The maximum absolute atomic E-state index is 12.2. The van der Waals surface area contributed by atoms with Crippen molar-refractivity contribution in [3.05, 3.63) is 24.3 Å². The number of anilines is 1. The van der Waals surface area contributed by atoms with E-state index >= 15 is 0 Å². The summed E-state index contributed by atoms with van der Waals surface area (Å²) in [6.45, 7) is 4.99. The minimum atomic E-state index is -3.22. The summed E-state index contributed by atoms with van der Waals surface area (Å²) < 4.78 is 24.4. The lowest BCUT2D eigenvalue weighted by atomic mass is 9.98. The molecule has 0 saturated carbocycles. The molecule has 0 bridgehead atoms. The largest absolute Gasteiger partial charge is 0.390 e. The molecule has 112 valence electrons. The molecule has 0 radical (unpaired) electrons. The summed E-state index contributed by atoms with van der Waals surface area (Å²) in [7, 11) is -3.22. The molecule has 0 aliphatic carbocycles. The van der Waals surface area contributed by atoms with E-state index in [-0.39, 0.29) is 5.75 Å². The van der Waals surface area contributed by atoms with Crippen LogP contribution in [0.5, 0.6) is 0 Å². The molecular formula is C15H23NO3S. The first-order valence-corrected chi connectivity index (χ1v) is 8.80. The molecule has 1 aliphatic heterocycles.